The van der Waals surface area contributed by atoms with Crippen LogP contribution in [0.4, 0.5) is 5.13 Å². The van der Waals surface area contributed by atoms with E-state index in [2.05, 4.69) is 15.6 Å². The number of benzene rings is 2. The molecule has 0 fully saturated rings. The number of aromatic nitrogens is 1. The van der Waals surface area contributed by atoms with Crippen LogP contribution in [-0.4, -0.2) is 23.6 Å². The number of nitrogens with zero attached hydrogens (tertiary/aromatic N) is 1. The normalized spacial score (nSPS) is 12.2. The number of hydrogen-bond acceptors (Lipinski definition) is 6. The third kappa shape index (κ3) is 4.07. The average Bonchev–Trinajstić information content (AvgIpc) is 3.31. The summed E-state index contributed by atoms with van der Waals surface area (Å²) in [5.74, 6) is 1.29. The van der Waals surface area contributed by atoms with Crippen molar-refractivity contribution in [3.05, 3.63) is 47.5 Å². The SMILES string of the molecule is CCC(=O)Nc1nc2ccc(CC(=O)NCc3ccc4c(c3)OCO4)cc2s1. The monoisotopic (exact) mass is 397 g/mol. The summed E-state index contributed by atoms with van der Waals surface area (Å²) in [4.78, 5) is 28.2. The number of thiazole rings is 1. The Morgan fingerprint density at radius 2 is 1.89 bits per heavy atom. The summed E-state index contributed by atoms with van der Waals surface area (Å²) in [6.07, 6.45) is 0.680. The molecule has 1 aromatic heterocycles. The van der Waals surface area contributed by atoms with E-state index in [-0.39, 0.29) is 25.0 Å². The Hall–Kier alpha value is -3.13. The van der Waals surface area contributed by atoms with E-state index in [4.69, 9.17) is 9.47 Å². The van der Waals surface area contributed by atoms with E-state index in [1.165, 1.54) is 11.3 Å². The van der Waals surface area contributed by atoms with Crippen molar-refractivity contribution in [3.8, 4) is 11.5 Å². The number of anilines is 1. The van der Waals surface area contributed by atoms with Gasteiger partial charge in [0.2, 0.25) is 18.6 Å². The summed E-state index contributed by atoms with van der Waals surface area (Å²) >= 11 is 1.40. The van der Waals surface area contributed by atoms with Gasteiger partial charge in [0.25, 0.3) is 0 Å². The minimum Gasteiger partial charge on any atom is -0.454 e. The van der Waals surface area contributed by atoms with Crippen LogP contribution in [0, 0.1) is 0 Å². The number of fused-ring (bicyclic) bond motifs is 2. The maximum atomic E-state index is 12.3. The van der Waals surface area contributed by atoms with Crippen molar-refractivity contribution in [1.82, 2.24) is 10.3 Å². The van der Waals surface area contributed by atoms with Gasteiger partial charge in [0.15, 0.2) is 16.6 Å². The van der Waals surface area contributed by atoms with E-state index in [1.807, 2.05) is 36.4 Å². The van der Waals surface area contributed by atoms with Gasteiger partial charge >= 0.3 is 0 Å². The van der Waals surface area contributed by atoms with Crippen molar-refractivity contribution in [2.75, 3.05) is 12.1 Å². The lowest BCUT2D eigenvalue weighted by molar-refractivity contribution is -0.120. The molecule has 2 N–H and O–H groups in total. The van der Waals surface area contributed by atoms with Crippen LogP contribution in [0.25, 0.3) is 10.2 Å². The molecule has 7 nitrogen and oxygen atoms in total. The molecule has 8 heteroatoms. The fourth-order valence-corrected chi connectivity index (χ4v) is 3.79. The lowest BCUT2D eigenvalue weighted by Crippen LogP contribution is -2.24. The molecule has 0 bridgehead atoms. The number of ether oxygens (including phenoxy) is 2. The molecule has 0 spiro atoms. The van der Waals surface area contributed by atoms with Gasteiger partial charge in [-0.15, -0.1) is 0 Å². The number of nitrogens with one attached hydrogen (secondary N) is 2. The summed E-state index contributed by atoms with van der Waals surface area (Å²) in [6.45, 7) is 2.45. The average molecular weight is 397 g/mol. The largest absolute Gasteiger partial charge is 0.454 e. The molecule has 2 aromatic carbocycles. The van der Waals surface area contributed by atoms with Crippen LogP contribution in [-0.2, 0) is 22.6 Å². The lowest BCUT2D eigenvalue weighted by atomic mass is 10.1. The van der Waals surface area contributed by atoms with Gasteiger partial charge in [-0.2, -0.15) is 0 Å². The van der Waals surface area contributed by atoms with Crippen LogP contribution in [0.5, 0.6) is 11.5 Å². The van der Waals surface area contributed by atoms with Gasteiger partial charge in [-0.25, -0.2) is 4.98 Å². The first kappa shape index (κ1) is 18.2. The zero-order valence-electron chi connectivity index (χ0n) is 15.3. The molecule has 2 amide bonds. The van der Waals surface area contributed by atoms with Gasteiger partial charge < -0.3 is 20.1 Å². The zero-order valence-corrected chi connectivity index (χ0v) is 16.1. The molecule has 3 aromatic rings. The van der Waals surface area contributed by atoms with Crippen molar-refractivity contribution in [1.29, 1.82) is 0 Å². The minimum absolute atomic E-state index is 0.0674. The smallest absolute Gasteiger partial charge is 0.231 e. The summed E-state index contributed by atoms with van der Waals surface area (Å²) in [7, 11) is 0. The van der Waals surface area contributed by atoms with Crippen LogP contribution < -0.4 is 20.1 Å². The molecule has 0 saturated heterocycles. The van der Waals surface area contributed by atoms with Gasteiger partial charge in [0.05, 0.1) is 16.6 Å². The highest BCUT2D eigenvalue weighted by atomic mass is 32.1. The number of rotatable bonds is 6. The molecule has 0 radical (unpaired) electrons. The van der Waals surface area contributed by atoms with Gasteiger partial charge in [-0.3, -0.25) is 9.59 Å². The molecule has 0 atom stereocenters. The maximum Gasteiger partial charge on any atom is 0.231 e. The second-order valence-corrected chi connectivity index (χ2v) is 7.39. The molecule has 1 aliphatic heterocycles. The number of carbonyl (C=O) groups is 2. The lowest BCUT2D eigenvalue weighted by Gasteiger charge is -2.06. The van der Waals surface area contributed by atoms with Crippen LogP contribution in [0.1, 0.15) is 24.5 Å². The molecule has 28 heavy (non-hydrogen) atoms. The first-order valence-corrected chi connectivity index (χ1v) is 9.77. The first-order valence-electron chi connectivity index (χ1n) is 8.95. The summed E-state index contributed by atoms with van der Waals surface area (Å²) < 4.78 is 11.6. The zero-order chi connectivity index (χ0) is 19.5. The van der Waals surface area contributed by atoms with E-state index < -0.39 is 0 Å². The van der Waals surface area contributed by atoms with Crippen molar-refractivity contribution < 1.29 is 19.1 Å². The first-order chi connectivity index (χ1) is 13.6. The molecule has 0 saturated carbocycles. The van der Waals surface area contributed by atoms with Crippen molar-refractivity contribution in [2.45, 2.75) is 26.3 Å². The minimum atomic E-state index is -0.0685. The van der Waals surface area contributed by atoms with Crippen LogP contribution >= 0.6 is 11.3 Å². The Morgan fingerprint density at radius 1 is 1.07 bits per heavy atom. The fourth-order valence-electron chi connectivity index (χ4n) is 2.84. The summed E-state index contributed by atoms with van der Waals surface area (Å²) in [6, 6.07) is 11.3. The number of hydrogen-bond donors (Lipinski definition) is 2. The van der Waals surface area contributed by atoms with Crippen LogP contribution in [0.15, 0.2) is 36.4 Å². The fraction of sp³-hybridized carbons (Fsp3) is 0.250. The molecule has 0 unspecified atom stereocenters. The predicted molar refractivity (Wildman–Crippen MR) is 107 cm³/mol. The van der Waals surface area contributed by atoms with E-state index in [1.54, 1.807) is 6.92 Å². The van der Waals surface area contributed by atoms with Crippen LogP contribution in [0.3, 0.4) is 0 Å². The topological polar surface area (TPSA) is 89.6 Å². The molecule has 144 valence electrons. The molecule has 1 aliphatic rings. The van der Waals surface area contributed by atoms with Crippen molar-refractivity contribution in [3.63, 3.8) is 0 Å². The maximum absolute atomic E-state index is 12.3. The molecule has 0 aliphatic carbocycles. The quantitative estimate of drug-likeness (QED) is 0.667. The molecule has 2 heterocycles. The van der Waals surface area contributed by atoms with E-state index >= 15 is 0 Å². The Morgan fingerprint density at radius 3 is 2.75 bits per heavy atom. The highest BCUT2D eigenvalue weighted by Gasteiger charge is 2.14. The highest BCUT2D eigenvalue weighted by Crippen LogP contribution is 2.32. The van der Waals surface area contributed by atoms with Gasteiger partial charge in [-0.1, -0.05) is 30.4 Å². The van der Waals surface area contributed by atoms with E-state index in [0.717, 1.165) is 27.1 Å². The molecular weight excluding hydrogens is 378 g/mol. The Kier molecular flexibility index (Phi) is 5.12. The molecule has 4 rings (SSSR count). The van der Waals surface area contributed by atoms with E-state index in [9.17, 15) is 9.59 Å². The summed E-state index contributed by atoms with van der Waals surface area (Å²) in [5, 5.41) is 6.26. The number of carbonyl (C=O) groups excluding carboxylic acids is 2. The summed E-state index contributed by atoms with van der Waals surface area (Å²) in [5.41, 5.74) is 2.65. The third-order valence-corrected chi connectivity index (χ3v) is 5.25. The third-order valence-electron chi connectivity index (χ3n) is 4.31. The van der Waals surface area contributed by atoms with Crippen molar-refractivity contribution in [2.24, 2.45) is 0 Å². The second-order valence-electron chi connectivity index (χ2n) is 6.36. The Labute approximate surface area is 165 Å². The molecular formula is C20H19N3O4S. The Bertz CT molecular complexity index is 1050. The van der Waals surface area contributed by atoms with Crippen LogP contribution in [0.2, 0.25) is 0 Å². The van der Waals surface area contributed by atoms with Gasteiger partial charge in [0.1, 0.15) is 0 Å². The Balaban J connectivity index is 1.37. The number of amides is 2. The standard InChI is InChI=1S/C20H19N3O4S/c1-2-18(24)23-20-22-14-5-3-12(8-17(14)28-20)9-19(25)21-10-13-4-6-15-16(7-13)27-11-26-15/h3-8H,2,9-11H2,1H3,(H,21,25)(H,22,23,24). The van der Waals surface area contributed by atoms with Gasteiger partial charge in [-0.05, 0) is 35.4 Å². The highest BCUT2D eigenvalue weighted by molar-refractivity contribution is 7.22. The van der Waals surface area contributed by atoms with Gasteiger partial charge in [0, 0.05) is 13.0 Å². The predicted octanol–water partition coefficient (Wildman–Crippen LogP) is 3.23. The second kappa shape index (κ2) is 7.85. The van der Waals surface area contributed by atoms with E-state index in [0.29, 0.717) is 23.8 Å². The van der Waals surface area contributed by atoms with Crippen molar-refractivity contribution >= 4 is 38.5 Å².